The molecule has 1 aliphatic heterocycles. The second-order valence-corrected chi connectivity index (χ2v) is 8.02. The summed E-state index contributed by atoms with van der Waals surface area (Å²) in [5.74, 6) is -1.44. The van der Waals surface area contributed by atoms with Crippen molar-refractivity contribution >= 4 is 33.5 Å². The van der Waals surface area contributed by atoms with Gasteiger partial charge in [0.05, 0.1) is 28.8 Å². The Bertz CT molecular complexity index is 1380. The molecule has 0 radical (unpaired) electrons. The highest BCUT2D eigenvalue weighted by molar-refractivity contribution is 7.92. The van der Waals surface area contributed by atoms with Crippen molar-refractivity contribution in [2.45, 2.75) is 4.90 Å². The van der Waals surface area contributed by atoms with E-state index in [2.05, 4.69) is 20.2 Å². The minimum atomic E-state index is -4.00. The number of aromatic nitrogens is 3. The summed E-state index contributed by atoms with van der Waals surface area (Å²) >= 11 is 0. The number of amides is 2. The van der Waals surface area contributed by atoms with Gasteiger partial charge < -0.3 is 10.5 Å². The third-order valence-electron chi connectivity index (χ3n) is 4.45. The number of methoxy groups -OCH3 is 1. The summed E-state index contributed by atoms with van der Waals surface area (Å²) in [4.78, 5) is 36.0. The summed E-state index contributed by atoms with van der Waals surface area (Å²) in [5.41, 5.74) is 5.31. The lowest BCUT2D eigenvalue weighted by molar-refractivity contribution is 0.0880. The molecule has 0 aliphatic carbocycles. The van der Waals surface area contributed by atoms with Crippen LogP contribution in [0.2, 0.25) is 0 Å². The Morgan fingerprint density at radius 3 is 2.35 bits per heavy atom. The van der Waals surface area contributed by atoms with Crippen molar-refractivity contribution in [2.24, 2.45) is 0 Å². The van der Waals surface area contributed by atoms with Crippen molar-refractivity contribution in [3.05, 3.63) is 63.9 Å². The van der Waals surface area contributed by atoms with Gasteiger partial charge in [0.25, 0.3) is 27.4 Å². The fourth-order valence-electron chi connectivity index (χ4n) is 3.00. The van der Waals surface area contributed by atoms with Crippen LogP contribution in [0.25, 0.3) is 5.69 Å². The Morgan fingerprint density at radius 2 is 1.74 bits per heavy atom. The first-order valence-corrected chi connectivity index (χ1v) is 10.1. The van der Waals surface area contributed by atoms with E-state index in [1.807, 2.05) is 0 Å². The number of carbonyl (C=O) groups excluding carboxylic acids is 2. The number of nitrogens with one attached hydrogen (secondary N) is 2. The van der Waals surface area contributed by atoms with Crippen LogP contribution in [0.3, 0.4) is 0 Å². The molecule has 0 fully saturated rings. The molecule has 4 rings (SSSR count). The fourth-order valence-corrected chi connectivity index (χ4v) is 4.00. The van der Waals surface area contributed by atoms with Crippen LogP contribution in [0.1, 0.15) is 20.7 Å². The predicted molar refractivity (Wildman–Crippen MR) is 108 cm³/mol. The first kappa shape index (κ1) is 20.0. The third-order valence-corrected chi connectivity index (χ3v) is 5.82. The quantitative estimate of drug-likeness (QED) is 0.456. The van der Waals surface area contributed by atoms with Crippen LogP contribution in [-0.2, 0) is 10.0 Å². The van der Waals surface area contributed by atoms with Crippen LogP contribution in [-0.4, -0.2) is 42.1 Å². The Hall–Kier alpha value is -4.26. The van der Waals surface area contributed by atoms with Crippen LogP contribution < -0.4 is 26.1 Å². The molecular formula is C18H14N6O6S. The summed E-state index contributed by atoms with van der Waals surface area (Å²) in [7, 11) is -2.60. The van der Waals surface area contributed by atoms with Gasteiger partial charge in [0.1, 0.15) is 5.82 Å². The third kappa shape index (κ3) is 3.46. The number of benzene rings is 1. The zero-order chi connectivity index (χ0) is 22.3. The Morgan fingerprint density at radius 1 is 1.03 bits per heavy atom. The van der Waals surface area contributed by atoms with E-state index >= 15 is 0 Å². The van der Waals surface area contributed by atoms with E-state index in [9.17, 15) is 22.8 Å². The van der Waals surface area contributed by atoms with Gasteiger partial charge in [-0.2, -0.15) is 0 Å². The molecule has 12 nitrogen and oxygen atoms in total. The molecule has 0 spiro atoms. The molecule has 0 saturated carbocycles. The second kappa shape index (κ2) is 7.21. The lowest BCUT2D eigenvalue weighted by Gasteiger charge is -2.13. The largest absolute Gasteiger partial charge is 0.480 e. The average Bonchev–Trinajstić information content (AvgIpc) is 3.02. The predicted octanol–water partition coefficient (Wildman–Crippen LogP) is -0.0973. The monoisotopic (exact) mass is 442 g/mol. The molecule has 0 saturated heterocycles. The fraction of sp³-hybridized carbons (Fsp3) is 0.0556. The number of sulfonamides is 1. The molecule has 1 aromatic carbocycles. The molecule has 0 atom stereocenters. The summed E-state index contributed by atoms with van der Waals surface area (Å²) < 4.78 is 33.3. The number of anilines is 2. The van der Waals surface area contributed by atoms with Crippen molar-refractivity contribution < 1.29 is 22.7 Å². The van der Waals surface area contributed by atoms with Crippen molar-refractivity contribution in [3.8, 4) is 11.6 Å². The standard InChI is InChI=1S/C18H14N6O6S/c1-30-13-7-6-12(21-22-13)23-31(28,29)10-4-2-9(3-5-10)24-14(25)8-11-15(16(24)19)18(27)20-17(11)26/h2-8H,19H2,1H3,(H,21,23)(H,20,26,27). The number of carbonyl (C=O) groups is 2. The van der Waals surface area contributed by atoms with Crippen molar-refractivity contribution in [1.82, 2.24) is 20.1 Å². The summed E-state index contributed by atoms with van der Waals surface area (Å²) in [5, 5.41) is 9.45. The van der Waals surface area contributed by atoms with Gasteiger partial charge in [0, 0.05) is 12.1 Å². The number of pyridine rings is 1. The summed E-state index contributed by atoms with van der Waals surface area (Å²) in [6.45, 7) is 0. The number of nitrogen functional groups attached to an aromatic ring is 1. The molecule has 13 heteroatoms. The van der Waals surface area contributed by atoms with Crippen molar-refractivity contribution in [1.29, 1.82) is 0 Å². The van der Waals surface area contributed by atoms with Gasteiger partial charge in [-0.25, -0.2) is 8.42 Å². The van der Waals surface area contributed by atoms with E-state index in [0.717, 1.165) is 10.6 Å². The topological polar surface area (TPSA) is 175 Å². The van der Waals surface area contributed by atoms with E-state index < -0.39 is 27.4 Å². The molecule has 0 unspecified atom stereocenters. The second-order valence-electron chi connectivity index (χ2n) is 6.34. The van der Waals surface area contributed by atoms with E-state index in [4.69, 9.17) is 10.5 Å². The molecule has 31 heavy (non-hydrogen) atoms. The lowest BCUT2D eigenvalue weighted by atomic mass is 10.1. The first-order chi connectivity index (χ1) is 14.7. The molecule has 2 aromatic heterocycles. The summed E-state index contributed by atoms with van der Waals surface area (Å²) in [6.07, 6.45) is 0. The van der Waals surface area contributed by atoms with E-state index in [0.29, 0.717) is 0 Å². The normalized spacial score (nSPS) is 12.9. The zero-order valence-electron chi connectivity index (χ0n) is 15.8. The van der Waals surface area contributed by atoms with Crippen molar-refractivity contribution in [3.63, 3.8) is 0 Å². The molecule has 158 valence electrons. The van der Waals surface area contributed by atoms with Gasteiger partial charge in [-0.1, -0.05) is 0 Å². The molecule has 0 bridgehead atoms. The Labute approximate surface area is 174 Å². The molecule has 4 N–H and O–H groups in total. The zero-order valence-corrected chi connectivity index (χ0v) is 16.6. The maximum atomic E-state index is 12.6. The minimum absolute atomic E-state index is 0.0142. The van der Waals surface area contributed by atoms with E-state index in [1.54, 1.807) is 0 Å². The molecule has 1 aliphatic rings. The van der Waals surface area contributed by atoms with Gasteiger partial charge >= 0.3 is 0 Å². The maximum absolute atomic E-state index is 12.6. The van der Waals surface area contributed by atoms with Crippen LogP contribution >= 0.6 is 0 Å². The minimum Gasteiger partial charge on any atom is -0.480 e. The first-order valence-electron chi connectivity index (χ1n) is 8.63. The number of rotatable bonds is 5. The highest BCUT2D eigenvalue weighted by Gasteiger charge is 2.31. The smallest absolute Gasteiger partial charge is 0.263 e. The van der Waals surface area contributed by atoms with E-state index in [-0.39, 0.29) is 39.2 Å². The van der Waals surface area contributed by atoms with Crippen LogP contribution in [0.5, 0.6) is 5.88 Å². The number of fused-ring (bicyclic) bond motifs is 1. The number of nitrogens with zero attached hydrogens (tertiary/aromatic N) is 3. The lowest BCUT2D eigenvalue weighted by Crippen LogP contribution is -2.24. The number of hydrogen-bond donors (Lipinski definition) is 3. The average molecular weight is 442 g/mol. The SMILES string of the molecule is COc1ccc(NS(=O)(=O)c2ccc(-n3c(N)c4c(cc3=O)C(=O)NC4=O)cc2)nn1. The Balaban J connectivity index is 1.67. The van der Waals surface area contributed by atoms with Gasteiger partial charge in [0.15, 0.2) is 5.82 Å². The maximum Gasteiger partial charge on any atom is 0.263 e. The molecule has 2 amide bonds. The van der Waals surface area contributed by atoms with Crippen LogP contribution in [0.4, 0.5) is 11.6 Å². The number of nitrogens with two attached hydrogens (primary N) is 1. The highest BCUT2D eigenvalue weighted by Crippen LogP contribution is 2.24. The highest BCUT2D eigenvalue weighted by atomic mass is 32.2. The van der Waals surface area contributed by atoms with Gasteiger partial charge in [-0.15, -0.1) is 10.2 Å². The molecule has 3 heterocycles. The van der Waals surface area contributed by atoms with E-state index in [1.165, 1.54) is 43.5 Å². The van der Waals surface area contributed by atoms with Gasteiger partial charge in [-0.05, 0) is 30.3 Å². The molecule has 3 aromatic rings. The molecular weight excluding hydrogens is 428 g/mol. The van der Waals surface area contributed by atoms with Crippen molar-refractivity contribution in [2.75, 3.05) is 17.6 Å². The number of imide groups is 1. The Kier molecular flexibility index (Phi) is 4.66. The van der Waals surface area contributed by atoms with Crippen LogP contribution in [0.15, 0.2) is 52.2 Å². The van der Waals surface area contributed by atoms with Gasteiger partial charge in [0.2, 0.25) is 5.88 Å². The number of hydrogen-bond acceptors (Lipinski definition) is 9. The van der Waals surface area contributed by atoms with Crippen LogP contribution in [0, 0.1) is 0 Å². The summed E-state index contributed by atoms with van der Waals surface area (Å²) in [6, 6.07) is 9.01. The number of ether oxygens (including phenoxy) is 1. The van der Waals surface area contributed by atoms with Gasteiger partial charge in [-0.3, -0.25) is 29.0 Å².